The fourth-order valence-corrected chi connectivity index (χ4v) is 3.74. The Bertz CT molecular complexity index is 1060. The van der Waals surface area contributed by atoms with Crippen molar-refractivity contribution in [2.45, 2.75) is 19.5 Å². The molecule has 2 aromatic carbocycles. The maximum atomic E-state index is 13.1. The zero-order valence-corrected chi connectivity index (χ0v) is 16.6. The molecule has 0 bridgehead atoms. The highest BCUT2D eigenvalue weighted by Gasteiger charge is 2.25. The molecule has 0 fully saturated rings. The third-order valence-electron chi connectivity index (χ3n) is 5.36. The van der Waals surface area contributed by atoms with E-state index >= 15 is 0 Å². The molecular weight excluding hydrogens is 383 g/mol. The maximum Gasteiger partial charge on any atom is 0.257 e. The van der Waals surface area contributed by atoms with Gasteiger partial charge in [-0.15, -0.1) is 0 Å². The maximum absolute atomic E-state index is 13.1. The smallest absolute Gasteiger partial charge is 0.257 e. The fourth-order valence-electron chi connectivity index (χ4n) is 3.74. The SMILES string of the molecule is C[C@@H]1c2cccn2CCN1CC(=O)Nc1ccccc1C(=O)Nc1ccc(F)cc1. The van der Waals surface area contributed by atoms with Crippen molar-refractivity contribution in [2.75, 3.05) is 23.7 Å². The van der Waals surface area contributed by atoms with E-state index in [0.717, 1.165) is 13.1 Å². The molecule has 0 aliphatic carbocycles. The highest BCUT2D eigenvalue weighted by molar-refractivity contribution is 6.10. The number of para-hydroxylation sites is 1. The van der Waals surface area contributed by atoms with Crippen molar-refractivity contribution in [1.82, 2.24) is 9.47 Å². The van der Waals surface area contributed by atoms with E-state index in [4.69, 9.17) is 0 Å². The molecule has 0 spiro atoms. The van der Waals surface area contributed by atoms with Crippen LogP contribution in [0.5, 0.6) is 0 Å². The summed E-state index contributed by atoms with van der Waals surface area (Å²) in [5.74, 6) is -0.926. The molecular formula is C23H23FN4O2. The second-order valence-corrected chi connectivity index (χ2v) is 7.33. The molecule has 7 heteroatoms. The number of carbonyl (C=O) groups is 2. The lowest BCUT2D eigenvalue weighted by Gasteiger charge is -2.34. The van der Waals surface area contributed by atoms with Crippen molar-refractivity contribution in [3.8, 4) is 0 Å². The number of rotatable bonds is 5. The number of anilines is 2. The number of benzene rings is 2. The summed E-state index contributed by atoms with van der Waals surface area (Å²) in [5.41, 5.74) is 2.45. The number of hydrogen-bond acceptors (Lipinski definition) is 3. The predicted octanol–water partition coefficient (Wildman–Crippen LogP) is 3.89. The standard InChI is InChI=1S/C23H23FN4O2/c1-16-21-7-4-12-27(21)13-14-28(16)15-22(29)26-20-6-3-2-5-19(20)23(30)25-18-10-8-17(24)9-11-18/h2-12,16H,13-15H2,1H3,(H,25,30)(H,26,29)/t16-/m1/s1. The van der Waals surface area contributed by atoms with Crippen molar-refractivity contribution in [2.24, 2.45) is 0 Å². The first-order valence-electron chi connectivity index (χ1n) is 9.86. The first kappa shape index (κ1) is 19.8. The Morgan fingerprint density at radius 2 is 1.77 bits per heavy atom. The Hall–Kier alpha value is -3.45. The second kappa shape index (κ2) is 8.51. The van der Waals surface area contributed by atoms with E-state index in [9.17, 15) is 14.0 Å². The van der Waals surface area contributed by atoms with Crippen LogP contribution < -0.4 is 10.6 Å². The molecule has 6 nitrogen and oxygen atoms in total. The van der Waals surface area contributed by atoms with Crippen LogP contribution in [0.4, 0.5) is 15.8 Å². The number of aromatic nitrogens is 1. The zero-order valence-electron chi connectivity index (χ0n) is 16.6. The van der Waals surface area contributed by atoms with Crippen molar-refractivity contribution in [3.63, 3.8) is 0 Å². The Balaban J connectivity index is 1.43. The minimum Gasteiger partial charge on any atom is -0.349 e. The van der Waals surface area contributed by atoms with Gasteiger partial charge in [0.2, 0.25) is 5.91 Å². The van der Waals surface area contributed by atoms with Crippen LogP contribution in [0, 0.1) is 5.82 Å². The number of hydrogen-bond donors (Lipinski definition) is 2. The van der Waals surface area contributed by atoms with Gasteiger partial charge in [0.25, 0.3) is 5.91 Å². The third kappa shape index (κ3) is 4.26. The van der Waals surface area contributed by atoms with Gasteiger partial charge < -0.3 is 15.2 Å². The number of carbonyl (C=O) groups excluding carboxylic acids is 2. The Morgan fingerprint density at radius 3 is 2.57 bits per heavy atom. The van der Waals surface area contributed by atoms with E-state index in [1.165, 1.54) is 30.0 Å². The van der Waals surface area contributed by atoms with Gasteiger partial charge in [0.1, 0.15) is 5.82 Å². The van der Waals surface area contributed by atoms with Crippen LogP contribution in [0.2, 0.25) is 0 Å². The summed E-state index contributed by atoms with van der Waals surface area (Å²) < 4.78 is 15.3. The fraction of sp³-hybridized carbons (Fsp3) is 0.217. The first-order chi connectivity index (χ1) is 14.5. The summed E-state index contributed by atoms with van der Waals surface area (Å²) in [6.07, 6.45) is 2.05. The summed E-state index contributed by atoms with van der Waals surface area (Å²) in [7, 11) is 0. The van der Waals surface area contributed by atoms with Gasteiger partial charge in [0.15, 0.2) is 0 Å². The van der Waals surface area contributed by atoms with Gasteiger partial charge in [-0.1, -0.05) is 12.1 Å². The average Bonchev–Trinajstić information content (AvgIpc) is 3.22. The number of fused-ring (bicyclic) bond motifs is 1. The monoisotopic (exact) mass is 406 g/mol. The largest absolute Gasteiger partial charge is 0.349 e. The van der Waals surface area contributed by atoms with E-state index in [1.807, 2.05) is 6.07 Å². The van der Waals surface area contributed by atoms with E-state index in [-0.39, 0.29) is 30.2 Å². The van der Waals surface area contributed by atoms with Gasteiger partial charge in [-0.05, 0) is 55.5 Å². The average molecular weight is 406 g/mol. The minimum absolute atomic E-state index is 0.136. The molecule has 2 amide bonds. The number of amides is 2. The van der Waals surface area contributed by atoms with Gasteiger partial charge in [-0.2, -0.15) is 0 Å². The molecule has 1 aliphatic heterocycles. The van der Waals surface area contributed by atoms with Crippen LogP contribution in [0.15, 0.2) is 66.9 Å². The van der Waals surface area contributed by atoms with Crippen molar-refractivity contribution >= 4 is 23.2 Å². The van der Waals surface area contributed by atoms with Gasteiger partial charge in [0, 0.05) is 36.7 Å². The van der Waals surface area contributed by atoms with Gasteiger partial charge in [-0.3, -0.25) is 14.5 Å². The molecule has 3 aromatic rings. The normalized spacial score (nSPS) is 16.0. The van der Waals surface area contributed by atoms with E-state index in [1.54, 1.807) is 24.3 Å². The third-order valence-corrected chi connectivity index (χ3v) is 5.36. The summed E-state index contributed by atoms with van der Waals surface area (Å²) in [5, 5.41) is 5.59. The second-order valence-electron chi connectivity index (χ2n) is 7.33. The van der Waals surface area contributed by atoms with E-state index in [2.05, 4.69) is 39.3 Å². The molecule has 1 atom stereocenters. The Kier molecular flexibility index (Phi) is 5.63. The lowest BCUT2D eigenvalue weighted by molar-refractivity contribution is -0.118. The summed E-state index contributed by atoms with van der Waals surface area (Å²) in [6, 6.07) is 16.6. The minimum atomic E-state index is -0.375. The first-order valence-corrected chi connectivity index (χ1v) is 9.86. The molecule has 154 valence electrons. The van der Waals surface area contributed by atoms with Crippen LogP contribution in [0.1, 0.15) is 29.0 Å². The Morgan fingerprint density at radius 1 is 1.00 bits per heavy atom. The van der Waals surface area contributed by atoms with Crippen molar-refractivity contribution < 1.29 is 14.0 Å². The van der Waals surface area contributed by atoms with E-state index < -0.39 is 0 Å². The molecule has 0 saturated heterocycles. The van der Waals surface area contributed by atoms with Crippen LogP contribution in [-0.2, 0) is 11.3 Å². The molecule has 0 saturated carbocycles. The van der Waals surface area contributed by atoms with Crippen molar-refractivity contribution in [1.29, 1.82) is 0 Å². The lowest BCUT2D eigenvalue weighted by Crippen LogP contribution is -2.41. The molecule has 2 heterocycles. The number of halogens is 1. The van der Waals surface area contributed by atoms with Crippen LogP contribution in [0.25, 0.3) is 0 Å². The lowest BCUT2D eigenvalue weighted by atomic mass is 10.1. The molecule has 0 radical (unpaired) electrons. The van der Waals surface area contributed by atoms with Crippen LogP contribution >= 0.6 is 0 Å². The molecule has 1 aromatic heterocycles. The topological polar surface area (TPSA) is 66.4 Å². The van der Waals surface area contributed by atoms with Crippen LogP contribution in [-0.4, -0.2) is 34.4 Å². The van der Waals surface area contributed by atoms with Crippen LogP contribution in [0.3, 0.4) is 0 Å². The molecule has 30 heavy (non-hydrogen) atoms. The number of nitrogens with zero attached hydrogens (tertiary/aromatic N) is 2. The quantitative estimate of drug-likeness (QED) is 0.676. The van der Waals surface area contributed by atoms with Gasteiger partial charge in [-0.25, -0.2) is 4.39 Å². The molecule has 1 aliphatic rings. The molecule has 0 unspecified atom stereocenters. The molecule has 2 N–H and O–H groups in total. The summed E-state index contributed by atoms with van der Waals surface area (Å²) in [4.78, 5) is 27.5. The Labute approximate surface area is 174 Å². The zero-order chi connectivity index (χ0) is 21.1. The summed E-state index contributed by atoms with van der Waals surface area (Å²) >= 11 is 0. The van der Waals surface area contributed by atoms with Crippen molar-refractivity contribution in [3.05, 3.63) is 83.9 Å². The van der Waals surface area contributed by atoms with E-state index in [0.29, 0.717) is 16.9 Å². The summed E-state index contributed by atoms with van der Waals surface area (Å²) in [6.45, 7) is 3.95. The van der Waals surface area contributed by atoms with Gasteiger partial charge >= 0.3 is 0 Å². The predicted molar refractivity (Wildman–Crippen MR) is 114 cm³/mol. The highest BCUT2D eigenvalue weighted by Crippen LogP contribution is 2.25. The highest BCUT2D eigenvalue weighted by atomic mass is 19.1. The number of nitrogens with one attached hydrogen (secondary N) is 2. The van der Waals surface area contributed by atoms with Gasteiger partial charge in [0.05, 0.1) is 17.8 Å². The molecule has 4 rings (SSSR count).